The lowest BCUT2D eigenvalue weighted by atomic mass is 9.84. The summed E-state index contributed by atoms with van der Waals surface area (Å²) in [7, 11) is 0. The van der Waals surface area contributed by atoms with E-state index in [2.05, 4.69) is 10.2 Å². The van der Waals surface area contributed by atoms with E-state index in [9.17, 15) is 4.79 Å². The Morgan fingerprint density at radius 3 is 2.71 bits per heavy atom. The number of nitrogens with zero attached hydrogens (tertiary/aromatic N) is 1. The van der Waals surface area contributed by atoms with Crippen molar-refractivity contribution in [2.45, 2.75) is 25.8 Å². The van der Waals surface area contributed by atoms with Gasteiger partial charge in [0.25, 0.3) is 5.91 Å². The third-order valence-corrected chi connectivity index (χ3v) is 6.04. The number of amides is 1. The first kappa shape index (κ1) is 15.7. The highest BCUT2D eigenvalue weighted by atomic mass is 32.1. The Labute approximate surface area is 146 Å². The van der Waals surface area contributed by atoms with Gasteiger partial charge in [0.2, 0.25) is 0 Å². The molecule has 2 aromatic rings. The van der Waals surface area contributed by atoms with Gasteiger partial charge in [-0.25, -0.2) is 0 Å². The zero-order valence-corrected chi connectivity index (χ0v) is 14.6. The Morgan fingerprint density at radius 1 is 1.21 bits per heavy atom. The van der Waals surface area contributed by atoms with Crippen LogP contribution in [0.5, 0.6) is 10.8 Å². The van der Waals surface area contributed by atoms with Crippen molar-refractivity contribution in [2.75, 3.05) is 19.6 Å². The summed E-state index contributed by atoms with van der Waals surface area (Å²) in [5.41, 5.74) is 1.09. The second kappa shape index (κ2) is 6.57. The molecule has 3 aliphatic heterocycles. The molecule has 0 aliphatic carbocycles. The van der Waals surface area contributed by atoms with Crippen LogP contribution in [0, 0.1) is 12.8 Å². The molecule has 5 heteroatoms. The predicted molar refractivity (Wildman–Crippen MR) is 96.0 cm³/mol. The van der Waals surface area contributed by atoms with Gasteiger partial charge >= 0.3 is 0 Å². The molecule has 5 rings (SSSR count). The van der Waals surface area contributed by atoms with Crippen LogP contribution in [0.4, 0.5) is 0 Å². The summed E-state index contributed by atoms with van der Waals surface area (Å²) in [5.74, 6) is 1.50. The number of carbonyl (C=O) groups is 1. The fourth-order valence-electron chi connectivity index (χ4n) is 3.64. The van der Waals surface area contributed by atoms with Crippen LogP contribution in [0.25, 0.3) is 0 Å². The van der Waals surface area contributed by atoms with Crippen LogP contribution in [0.15, 0.2) is 36.4 Å². The fourth-order valence-corrected chi connectivity index (χ4v) is 4.42. The molecule has 0 unspecified atom stereocenters. The summed E-state index contributed by atoms with van der Waals surface area (Å²) in [6, 6.07) is 11.9. The molecular weight excluding hydrogens is 320 g/mol. The number of nitrogens with one attached hydrogen (secondary N) is 1. The molecule has 2 bridgehead atoms. The number of benzene rings is 1. The number of ether oxygens (including phenoxy) is 1. The van der Waals surface area contributed by atoms with Crippen molar-refractivity contribution < 1.29 is 9.53 Å². The third kappa shape index (κ3) is 3.19. The monoisotopic (exact) mass is 342 g/mol. The van der Waals surface area contributed by atoms with Crippen molar-refractivity contribution in [3.8, 4) is 10.8 Å². The highest BCUT2D eigenvalue weighted by molar-refractivity contribution is 7.15. The summed E-state index contributed by atoms with van der Waals surface area (Å²) in [4.78, 5) is 15.7. The van der Waals surface area contributed by atoms with Crippen LogP contribution in [0.1, 0.15) is 28.1 Å². The molecule has 0 spiro atoms. The van der Waals surface area contributed by atoms with Crippen molar-refractivity contribution >= 4 is 17.2 Å². The quantitative estimate of drug-likeness (QED) is 0.922. The first-order valence-corrected chi connectivity index (χ1v) is 9.37. The molecule has 1 atom stereocenters. The summed E-state index contributed by atoms with van der Waals surface area (Å²) < 4.78 is 5.91. The first-order chi connectivity index (χ1) is 11.7. The fraction of sp³-hybridized carbons (Fsp3) is 0.421. The van der Waals surface area contributed by atoms with E-state index in [4.69, 9.17) is 4.74 Å². The van der Waals surface area contributed by atoms with Gasteiger partial charge in [-0.15, -0.1) is 0 Å². The molecule has 3 aliphatic rings. The first-order valence-electron chi connectivity index (χ1n) is 8.55. The summed E-state index contributed by atoms with van der Waals surface area (Å²) >= 11 is 1.41. The van der Waals surface area contributed by atoms with E-state index in [0.29, 0.717) is 12.0 Å². The lowest BCUT2D eigenvalue weighted by molar-refractivity contribution is 0.0622. The molecule has 24 heavy (non-hydrogen) atoms. The predicted octanol–water partition coefficient (Wildman–Crippen LogP) is 3.67. The standard InChI is InChI=1S/C19H22N2O2S/c1-13-4-2-3-5-16(13)23-18-7-6-17(24-18)19(22)20-15-12-21-10-8-14(15)9-11-21/h2-7,14-15H,8-12H2,1H3,(H,20,22)/t15-/m0/s1. The molecule has 0 saturated carbocycles. The largest absolute Gasteiger partial charge is 0.446 e. The third-order valence-electron chi connectivity index (χ3n) is 5.08. The molecule has 1 aromatic carbocycles. The number of thiophene rings is 1. The number of fused-ring (bicyclic) bond motifs is 3. The van der Waals surface area contributed by atoms with Gasteiger partial charge in [-0.2, -0.15) is 0 Å². The molecule has 4 heterocycles. The second-order valence-corrected chi connectivity index (χ2v) is 7.75. The SMILES string of the molecule is Cc1ccccc1Oc1ccc(C(=O)N[C@H]2CN3CCC2CC3)s1. The lowest BCUT2D eigenvalue weighted by Crippen LogP contribution is -2.57. The minimum Gasteiger partial charge on any atom is -0.446 e. The van der Waals surface area contributed by atoms with E-state index < -0.39 is 0 Å². The van der Waals surface area contributed by atoms with Crippen molar-refractivity contribution in [1.29, 1.82) is 0 Å². The smallest absolute Gasteiger partial charge is 0.261 e. The number of hydrogen-bond acceptors (Lipinski definition) is 4. The topological polar surface area (TPSA) is 41.6 Å². The number of piperidine rings is 3. The van der Waals surface area contributed by atoms with Crippen LogP contribution in [0.3, 0.4) is 0 Å². The van der Waals surface area contributed by atoms with E-state index in [-0.39, 0.29) is 5.91 Å². The van der Waals surface area contributed by atoms with Crippen LogP contribution >= 0.6 is 11.3 Å². The summed E-state index contributed by atoms with van der Waals surface area (Å²) in [6.07, 6.45) is 2.41. The minimum absolute atomic E-state index is 0.0263. The lowest BCUT2D eigenvalue weighted by Gasteiger charge is -2.44. The Bertz CT molecular complexity index is 734. The summed E-state index contributed by atoms with van der Waals surface area (Å²) in [6.45, 7) is 5.38. The molecule has 0 radical (unpaired) electrons. The number of rotatable bonds is 4. The number of para-hydroxylation sites is 1. The normalized spacial score (nSPS) is 25.5. The zero-order valence-electron chi connectivity index (χ0n) is 13.8. The maximum absolute atomic E-state index is 12.5. The van der Waals surface area contributed by atoms with Gasteiger partial charge in [-0.3, -0.25) is 4.79 Å². The van der Waals surface area contributed by atoms with E-state index in [1.165, 1.54) is 37.3 Å². The zero-order chi connectivity index (χ0) is 16.5. The van der Waals surface area contributed by atoms with Crippen molar-refractivity contribution in [1.82, 2.24) is 10.2 Å². The van der Waals surface area contributed by atoms with Crippen molar-refractivity contribution in [3.05, 3.63) is 46.8 Å². The average Bonchev–Trinajstić information content (AvgIpc) is 3.07. The molecular formula is C19H22N2O2S. The molecule has 3 saturated heterocycles. The Hall–Kier alpha value is -1.85. The maximum Gasteiger partial charge on any atom is 0.261 e. The van der Waals surface area contributed by atoms with Gasteiger partial charge in [0, 0.05) is 12.6 Å². The van der Waals surface area contributed by atoms with Gasteiger partial charge in [-0.05, 0) is 62.5 Å². The van der Waals surface area contributed by atoms with E-state index >= 15 is 0 Å². The van der Waals surface area contributed by atoms with Crippen LogP contribution in [-0.4, -0.2) is 36.5 Å². The van der Waals surface area contributed by atoms with E-state index in [0.717, 1.165) is 27.8 Å². The van der Waals surface area contributed by atoms with Gasteiger partial charge in [0.1, 0.15) is 5.75 Å². The molecule has 3 fully saturated rings. The van der Waals surface area contributed by atoms with Crippen LogP contribution in [0.2, 0.25) is 0 Å². The summed E-state index contributed by atoms with van der Waals surface area (Å²) in [5, 5.41) is 3.98. The highest BCUT2D eigenvalue weighted by Crippen LogP contribution is 2.32. The second-order valence-electron chi connectivity index (χ2n) is 6.70. The van der Waals surface area contributed by atoms with Gasteiger partial charge in [-0.1, -0.05) is 29.5 Å². The van der Waals surface area contributed by atoms with E-state index in [1.807, 2.05) is 43.3 Å². The molecule has 4 nitrogen and oxygen atoms in total. The molecule has 1 amide bonds. The minimum atomic E-state index is 0.0263. The van der Waals surface area contributed by atoms with Crippen LogP contribution < -0.4 is 10.1 Å². The highest BCUT2D eigenvalue weighted by Gasteiger charge is 2.35. The molecule has 1 N–H and O–H groups in total. The number of hydrogen-bond donors (Lipinski definition) is 1. The molecule has 1 aromatic heterocycles. The van der Waals surface area contributed by atoms with Crippen LogP contribution in [-0.2, 0) is 0 Å². The molecule has 126 valence electrons. The Morgan fingerprint density at radius 2 is 2.00 bits per heavy atom. The average molecular weight is 342 g/mol. The van der Waals surface area contributed by atoms with Gasteiger partial charge in [0.05, 0.1) is 4.88 Å². The van der Waals surface area contributed by atoms with Gasteiger partial charge < -0.3 is 15.0 Å². The number of carbonyl (C=O) groups excluding carboxylic acids is 1. The Kier molecular flexibility index (Phi) is 4.29. The van der Waals surface area contributed by atoms with Crippen molar-refractivity contribution in [3.63, 3.8) is 0 Å². The Balaban J connectivity index is 1.41. The van der Waals surface area contributed by atoms with Crippen molar-refractivity contribution in [2.24, 2.45) is 5.92 Å². The number of aryl methyl sites for hydroxylation is 1. The van der Waals surface area contributed by atoms with E-state index in [1.54, 1.807) is 0 Å². The maximum atomic E-state index is 12.5. The van der Waals surface area contributed by atoms with Gasteiger partial charge in [0.15, 0.2) is 5.06 Å².